The van der Waals surface area contributed by atoms with Crippen LogP contribution in [-0.4, -0.2) is 17.6 Å². The summed E-state index contributed by atoms with van der Waals surface area (Å²) in [6.07, 6.45) is 0.932. The van der Waals surface area contributed by atoms with Crippen molar-refractivity contribution in [1.29, 1.82) is 5.26 Å². The van der Waals surface area contributed by atoms with Gasteiger partial charge in [-0.1, -0.05) is 6.92 Å². The number of aryl methyl sites for hydroxylation is 2. The Kier molecular flexibility index (Phi) is 4.27. The van der Waals surface area contributed by atoms with Gasteiger partial charge in [0.25, 0.3) is 0 Å². The molecule has 4 nitrogen and oxygen atoms in total. The quantitative estimate of drug-likeness (QED) is 0.807. The van der Waals surface area contributed by atoms with Crippen LogP contribution >= 0.6 is 0 Å². The van der Waals surface area contributed by atoms with E-state index >= 15 is 0 Å². The van der Waals surface area contributed by atoms with Gasteiger partial charge in [0.05, 0.1) is 16.9 Å². The minimum Gasteiger partial charge on any atom is -0.380 e. The summed E-state index contributed by atoms with van der Waals surface area (Å²) in [4.78, 5) is 4.27. The van der Waals surface area contributed by atoms with Crippen LogP contribution in [0.3, 0.4) is 0 Å². The Balaban J connectivity index is 3.07. The maximum Gasteiger partial charge on any atom is 0.103 e. The van der Waals surface area contributed by atoms with E-state index in [9.17, 15) is 0 Å². The van der Waals surface area contributed by atoms with Gasteiger partial charge >= 0.3 is 0 Å². The highest BCUT2D eigenvalue weighted by atomic mass is 14.9. The van der Waals surface area contributed by atoms with E-state index in [1.54, 1.807) is 0 Å². The second kappa shape index (κ2) is 5.47. The van der Waals surface area contributed by atoms with E-state index < -0.39 is 0 Å². The lowest BCUT2D eigenvalue weighted by molar-refractivity contribution is 0.703. The minimum atomic E-state index is 0.202. The molecule has 0 radical (unpaired) electrons. The lowest BCUT2D eigenvalue weighted by Crippen LogP contribution is -2.28. The molecule has 0 bridgehead atoms. The first-order valence-electron chi connectivity index (χ1n) is 5.47. The fourth-order valence-electron chi connectivity index (χ4n) is 1.63. The van der Waals surface area contributed by atoms with Crippen LogP contribution in [0.25, 0.3) is 0 Å². The van der Waals surface area contributed by atoms with E-state index in [4.69, 9.17) is 11.0 Å². The average Bonchev–Trinajstić information content (AvgIpc) is 2.25. The van der Waals surface area contributed by atoms with Crippen LogP contribution in [0.2, 0.25) is 0 Å². The highest BCUT2D eigenvalue weighted by Crippen LogP contribution is 2.19. The summed E-state index contributed by atoms with van der Waals surface area (Å²) in [7, 11) is 0. The fraction of sp³-hybridized carbons (Fsp3) is 0.500. The fourth-order valence-corrected chi connectivity index (χ4v) is 1.63. The van der Waals surface area contributed by atoms with Crippen molar-refractivity contribution in [3.63, 3.8) is 0 Å². The van der Waals surface area contributed by atoms with Gasteiger partial charge < -0.3 is 11.1 Å². The zero-order valence-electron chi connectivity index (χ0n) is 10.0. The topological polar surface area (TPSA) is 74.7 Å². The molecule has 0 saturated heterocycles. The van der Waals surface area contributed by atoms with E-state index in [2.05, 4.69) is 23.3 Å². The second-order valence-corrected chi connectivity index (χ2v) is 3.87. The number of aromatic nitrogens is 1. The van der Waals surface area contributed by atoms with Crippen LogP contribution in [0.1, 0.15) is 30.3 Å². The van der Waals surface area contributed by atoms with Crippen LogP contribution in [0, 0.1) is 25.2 Å². The third-order valence-corrected chi connectivity index (χ3v) is 2.58. The molecule has 1 aromatic rings. The van der Waals surface area contributed by atoms with Gasteiger partial charge in [0.1, 0.15) is 6.07 Å². The van der Waals surface area contributed by atoms with Crippen molar-refractivity contribution in [2.75, 3.05) is 11.9 Å². The normalized spacial score (nSPS) is 11.9. The van der Waals surface area contributed by atoms with Crippen LogP contribution in [0.5, 0.6) is 0 Å². The molecule has 1 rings (SSSR count). The Morgan fingerprint density at radius 3 is 2.75 bits per heavy atom. The molecule has 0 amide bonds. The molecule has 16 heavy (non-hydrogen) atoms. The van der Waals surface area contributed by atoms with Gasteiger partial charge in [-0.05, 0) is 26.3 Å². The predicted molar refractivity (Wildman–Crippen MR) is 65.2 cm³/mol. The minimum absolute atomic E-state index is 0.202. The van der Waals surface area contributed by atoms with Gasteiger partial charge in [0.15, 0.2) is 0 Å². The largest absolute Gasteiger partial charge is 0.380 e. The first-order valence-corrected chi connectivity index (χ1v) is 5.47. The van der Waals surface area contributed by atoms with Crippen molar-refractivity contribution in [2.45, 2.75) is 33.2 Å². The van der Waals surface area contributed by atoms with E-state index in [0.29, 0.717) is 12.1 Å². The van der Waals surface area contributed by atoms with Gasteiger partial charge in [-0.2, -0.15) is 5.26 Å². The number of hydrogen-bond acceptors (Lipinski definition) is 4. The number of nitrogens with zero attached hydrogens (tertiary/aromatic N) is 2. The Labute approximate surface area is 96.5 Å². The molecule has 1 heterocycles. The average molecular weight is 218 g/mol. The molecule has 1 atom stereocenters. The molecule has 0 aliphatic rings. The molecular formula is C12H18N4. The highest BCUT2D eigenvalue weighted by Gasteiger charge is 2.11. The zero-order valence-corrected chi connectivity index (χ0v) is 10.0. The van der Waals surface area contributed by atoms with Crippen molar-refractivity contribution in [2.24, 2.45) is 5.73 Å². The molecule has 1 unspecified atom stereocenters. The molecule has 0 saturated carbocycles. The summed E-state index contributed by atoms with van der Waals surface area (Å²) in [5.41, 5.74) is 8.75. The number of nitrogens with one attached hydrogen (secondary N) is 1. The van der Waals surface area contributed by atoms with E-state index in [1.165, 1.54) is 0 Å². The van der Waals surface area contributed by atoms with E-state index in [0.717, 1.165) is 23.5 Å². The summed E-state index contributed by atoms with van der Waals surface area (Å²) in [6, 6.07) is 4.27. The standard InChI is InChI=1S/C12H18N4/c1-4-10(6-13)16-12-5-8(2)15-9(3)11(12)7-14/h5,10H,4,6,13H2,1-3H3,(H,15,16). The molecule has 0 aliphatic carbocycles. The number of rotatable bonds is 4. The number of nitrogens with two attached hydrogens (primary N) is 1. The molecule has 1 aromatic heterocycles. The van der Waals surface area contributed by atoms with Gasteiger partial charge in [0, 0.05) is 18.3 Å². The predicted octanol–water partition coefficient (Wildman–Crippen LogP) is 1.72. The van der Waals surface area contributed by atoms with Crippen molar-refractivity contribution in [1.82, 2.24) is 4.98 Å². The lowest BCUT2D eigenvalue weighted by Gasteiger charge is -2.18. The maximum absolute atomic E-state index is 9.09. The van der Waals surface area contributed by atoms with Gasteiger partial charge in [-0.15, -0.1) is 0 Å². The molecule has 3 N–H and O–H groups in total. The maximum atomic E-state index is 9.09. The van der Waals surface area contributed by atoms with Crippen LogP contribution < -0.4 is 11.1 Å². The van der Waals surface area contributed by atoms with Crippen molar-refractivity contribution < 1.29 is 0 Å². The summed E-state index contributed by atoms with van der Waals surface area (Å²) in [6.45, 7) is 6.39. The van der Waals surface area contributed by atoms with Gasteiger partial charge in [-0.25, -0.2) is 0 Å². The smallest absolute Gasteiger partial charge is 0.103 e. The molecule has 0 spiro atoms. The third-order valence-electron chi connectivity index (χ3n) is 2.58. The summed E-state index contributed by atoms with van der Waals surface area (Å²) < 4.78 is 0. The first kappa shape index (κ1) is 12.5. The van der Waals surface area contributed by atoms with Crippen molar-refractivity contribution in [3.05, 3.63) is 23.0 Å². The van der Waals surface area contributed by atoms with Gasteiger partial charge in [0.2, 0.25) is 0 Å². The summed E-state index contributed by atoms with van der Waals surface area (Å²) in [5, 5.41) is 12.4. The molecule has 0 fully saturated rings. The third kappa shape index (κ3) is 2.71. The summed E-state index contributed by atoms with van der Waals surface area (Å²) >= 11 is 0. The Hall–Kier alpha value is -1.60. The van der Waals surface area contributed by atoms with E-state index in [-0.39, 0.29) is 6.04 Å². The number of pyridine rings is 1. The number of nitriles is 1. The highest BCUT2D eigenvalue weighted by molar-refractivity contribution is 5.60. The monoisotopic (exact) mass is 218 g/mol. The Morgan fingerprint density at radius 1 is 1.56 bits per heavy atom. The second-order valence-electron chi connectivity index (χ2n) is 3.87. The zero-order chi connectivity index (χ0) is 12.1. The molecule has 0 aromatic carbocycles. The summed E-state index contributed by atoms with van der Waals surface area (Å²) in [5.74, 6) is 0. The number of hydrogen-bond donors (Lipinski definition) is 2. The Bertz CT molecular complexity index is 402. The van der Waals surface area contributed by atoms with Crippen LogP contribution in [0.4, 0.5) is 5.69 Å². The first-order chi connectivity index (χ1) is 7.62. The van der Waals surface area contributed by atoms with Crippen LogP contribution in [0.15, 0.2) is 6.07 Å². The molecular weight excluding hydrogens is 200 g/mol. The number of anilines is 1. The van der Waals surface area contributed by atoms with Crippen molar-refractivity contribution in [3.8, 4) is 6.07 Å². The molecule has 86 valence electrons. The van der Waals surface area contributed by atoms with Gasteiger partial charge in [-0.3, -0.25) is 4.98 Å². The Morgan fingerprint density at radius 2 is 2.25 bits per heavy atom. The molecule has 0 aliphatic heterocycles. The lowest BCUT2D eigenvalue weighted by atomic mass is 10.1. The van der Waals surface area contributed by atoms with Crippen molar-refractivity contribution >= 4 is 5.69 Å². The van der Waals surface area contributed by atoms with Crippen LogP contribution in [-0.2, 0) is 0 Å². The SMILES string of the molecule is CCC(CN)Nc1cc(C)nc(C)c1C#N. The van der Waals surface area contributed by atoms with E-state index in [1.807, 2.05) is 19.9 Å². The molecule has 4 heteroatoms.